The third kappa shape index (κ3) is 6.77. The van der Waals surface area contributed by atoms with Crippen LogP contribution in [0, 0.1) is 0 Å². The minimum absolute atomic E-state index is 0.314. The van der Waals surface area contributed by atoms with Gasteiger partial charge in [-0.3, -0.25) is 4.79 Å². The van der Waals surface area contributed by atoms with Crippen LogP contribution >= 0.6 is 31.9 Å². The van der Waals surface area contributed by atoms with Crippen LogP contribution in [0.25, 0.3) is 0 Å². The van der Waals surface area contributed by atoms with Gasteiger partial charge in [-0.25, -0.2) is 10.2 Å². The number of carbonyl (C=O) groups excluding carboxylic acids is 2. The molecular weight excluding hydrogens is 528 g/mol. The molecule has 0 aliphatic heterocycles. The lowest BCUT2D eigenvalue weighted by atomic mass is 10.2. The summed E-state index contributed by atoms with van der Waals surface area (Å²) in [6.45, 7) is 1.62. The van der Waals surface area contributed by atoms with Crippen LogP contribution in [0.15, 0.2) is 86.8 Å². The van der Waals surface area contributed by atoms with Gasteiger partial charge in [-0.05, 0) is 61.5 Å². The summed E-state index contributed by atoms with van der Waals surface area (Å²) in [5.74, 6) is -0.0266. The highest BCUT2D eigenvalue weighted by Crippen LogP contribution is 2.23. The Bertz CT molecular complexity index is 1090. The van der Waals surface area contributed by atoms with Gasteiger partial charge in [0.1, 0.15) is 11.5 Å². The zero-order valence-electron chi connectivity index (χ0n) is 16.4. The van der Waals surface area contributed by atoms with Crippen molar-refractivity contribution < 1.29 is 19.1 Å². The molecule has 6 nitrogen and oxygen atoms in total. The molecular formula is C23H18Br2N2O4. The highest BCUT2D eigenvalue weighted by atomic mass is 79.9. The molecule has 3 rings (SSSR count). The number of nitrogens with one attached hydrogen (secondary N) is 1. The molecule has 0 heterocycles. The molecule has 0 saturated carbocycles. The lowest BCUT2D eigenvalue weighted by molar-refractivity contribution is -0.127. The lowest BCUT2D eigenvalue weighted by Gasteiger charge is -2.13. The number of rotatable bonds is 7. The van der Waals surface area contributed by atoms with Crippen LogP contribution in [-0.2, 0) is 4.79 Å². The molecule has 0 unspecified atom stereocenters. The molecule has 3 aromatic carbocycles. The van der Waals surface area contributed by atoms with Crippen molar-refractivity contribution in [2.75, 3.05) is 0 Å². The van der Waals surface area contributed by atoms with Gasteiger partial charge in [0.2, 0.25) is 0 Å². The second kappa shape index (κ2) is 10.9. The van der Waals surface area contributed by atoms with Gasteiger partial charge in [0.25, 0.3) is 5.91 Å². The predicted molar refractivity (Wildman–Crippen MR) is 126 cm³/mol. The summed E-state index contributed by atoms with van der Waals surface area (Å²) in [6, 6.07) is 20.9. The number of carbonyl (C=O) groups is 2. The molecule has 0 bridgehead atoms. The monoisotopic (exact) mass is 544 g/mol. The molecule has 0 aromatic heterocycles. The van der Waals surface area contributed by atoms with Crippen LogP contribution in [-0.4, -0.2) is 24.2 Å². The van der Waals surface area contributed by atoms with Gasteiger partial charge >= 0.3 is 5.97 Å². The molecule has 0 radical (unpaired) electrons. The molecule has 0 saturated heterocycles. The fraction of sp³-hybridized carbons (Fsp3) is 0.0870. The third-order valence-electron chi connectivity index (χ3n) is 4.06. The number of amides is 1. The first-order valence-corrected chi connectivity index (χ1v) is 10.8. The molecule has 1 N–H and O–H groups in total. The van der Waals surface area contributed by atoms with Crippen molar-refractivity contribution in [3.63, 3.8) is 0 Å². The highest BCUT2D eigenvalue weighted by molar-refractivity contribution is 9.10. The van der Waals surface area contributed by atoms with Gasteiger partial charge < -0.3 is 9.47 Å². The standard InChI is InChI=1S/C23H18Br2N2O4/c1-15(30-20-10-7-18(24)8-11-20)22(28)27-26-14-17-13-19(25)9-12-21(17)31-23(29)16-5-3-2-4-6-16/h2-15H,1H3,(H,27,28)/b26-14-/t15-/m1/s1. The zero-order valence-corrected chi connectivity index (χ0v) is 19.6. The Kier molecular flexibility index (Phi) is 7.97. The maximum absolute atomic E-state index is 12.3. The van der Waals surface area contributed by atoms with Crippen LogP contribution in [0.2, 0.25) is 0 Å². The molecule has 0 aliphatic rings. The van der Waals surface area contributed by atoms with Gasteiger partial charge in [-0.15, -0.1) is 0 Å². The van der Waals surface area contributed by atoms with Crippen molar-refractivity contribution in [1.82, 2.24) is 5.43 Å². The first-order chi connectivity index (χ1) is 14.9. The van der Waals surface area contributed by atoms with E-state index in [1.165, 1.54) is 6.21 Å². The van der Waals surface area contributed by atoms with Crippen LogP contribution in [0.4, 0.5) is 0 Å². The smallest absolute Gasteiger partial charge is 0.343 e. The maximum atomic E-state index is 12.3. The Morgan fingerprint density at radius 3 is 2.35 bits per heavy atom. The average molecular weight is 546 g/mol. The molecule has 8 heteroatoms. The summed E-state index contributed by atoms with van der Waals surface area (Å²) < 4.78 is 12.8. The van der Waals surface area contributed by atoms with E-state index in [0.29, 0.717) is 22.6 Å². The summed E-state index contributed by atoms with van der Waals surface area (Å²) in [7, 11) is 0. The van der Waals surface area contributed by atoms with Crippen LogP contribution in [0.1, 0.15) is 22.8 Å². The van der Waals surface area contributed by atoms with Crippen LogP contribution < -0.4 is 14.9 Å². The fourth-order valence-corrected chi connectivity index (χ4v) is 3.12. The summed E-state index contributed by atoms with van der Waals surface area (Å²) in [5, 5.41) is 3.98. The average Bonchev–Trinajstić information content (AvgIpc) is 2.77. The molecule has 1 amide bonds. The van der Waals surface area contributed by atoms with Crippen LogP contribution in [0.3, 0.4) is 0 Å². The molecule has 0 spiro atoms. The van der Waals surface area contributed by atoms with Gasteiger partial charge in [0.15, 0.2) is 6.10 Å². The number of ether oxygens (including phenoxy) is 2. The van der Waals surface area contributed by atoms with Crippen molar-refractivity contribution in [3.8, 4) is 11.5 Å². The predicted octanol–water partition coefficient (Wildman–Crippen LogP) is 5.35. The Morgan fingerprint density at radius 2 is 1.65 bits per heavy atom. The first kappa shape index (κ1) is 22.7. The SMILES string of the molecule is C[C@@H](Oc1ccc(Br)cc1)C(=O)N/N=C\c1cc(Br)ccc1OC(=O)c1ccccc1. The van der Waals surface area contributed by atoms with Gasteiger partial charge in [-0.2, -0.15) is 5.10 Å². The van der Waals surface area contributed by atoms with Crippen molar-refractivity contribution >= 4 is 50.0 Å². The van der Waals surface area contributed by atoms with Gasteiger partial charge in [-0.1, -0.05) is 50.1 Å². The van der Waals surface area contributed by atoms with E-state index in [1.54, 1.807) is 61.5 Å². The summed E-state index contributed by atoms with van der Waals surface area (Å²) in [6.07, 6.45) is 0.652. The number of benzene rings is 3. The largest absolute Gasteiger partial charge is 0.481 e. The van der Waals surface area contributed by atoms with E-state index in [1.807, 2.05) is 18.2 Å². The molecule has 31 heavy (non-hydrogen) atoms. The summed E-state index contributed by atoms with van der Waals surface area (Å²) in [4.78, 5) is 24.6. The number of hydrazone groups is 1. The van der Waals surface area contributed by atoms with Crippen molar-refractivity contribution in [3.05, 3.63) is 92.9 Å². The topological polar surface area (TPSA) is 77.0 Å². The number of esters is 1. The molecule has 0 fully saturated rings. The highest BCUT2D eigenvalue weighted by Gasteiger charge is 2.14. The lowest BCUT2D eigenvalue weighted by Crippen LogP contribution is -2.33. The number of hydrogen-bond donors (Lipinski definition) is 1. The van der Waals surface area contributed by atoms with E-state index in [-0.39, 0.29) is 0 Å². The second-order valence-corrected chi connectivity index (χ2v) is 8.22. The van der Waals surface area contributed by atoms with Crippen molar-refractivity contribution in [1.29, 1.82) is 0 Å². The Labute approximate surface area is 196 Å². The summed E-state index contributed by atoms with van der Waals surface area (Å²) in [5.41, 5.74) is 3.38. The van der Waals surface area contributed by atoms with E-state index in [2.05, 4.69) is 42.4 Å². The molecule has 158 valence electrons. The van der Waals surface area contributed by atoms with E-state index in [0.717, 1.165) is 8.95 Å². The van der Waals surface area contributed by atoms with Gasteiger partial charge in [0.05, 0.1) is 11.8 Å². The van der Waals surface area contributed by atoms with Gasteiger partial charge in [0, 0.05) is 14.5 Å². The normalized spacial score (nSPS) is 11.7. The Hall–Kier alpha value is -2.97. The van der Waals surface area contributed by atoms with E-state index < -0.39 is 18.0 Å². The van der Waals surface area contributed by atoms with E-state index in [9.17, 15) is 9.59 Å². The van der Waals surface area contributed by atoms with E-state index >= 15 is 0 Å². The van der Waals surface area contributed by atoms with Crippen molar-refractivity contribution in [2.45, 2.75) is 13.0 Å². The third-order valence-corrected chi connectivity index (χ3v) is 5.08. The Morgan fingerprint density at radius 1 is 0.968 bits per heavy atom. The molecule has 1 atom stereocenters. The number of halogens is 2. The van der Waals surface area contributed by atoms with Crippen LogP contribution in [0.5, 0.6) is 11.5 Å². The van der Waals surface area contributed by atoms with E-state index in [4.69, 9.17) is 9.47 Å². The quantitative estimate of drug-likeness (QED) is 0.188. The molecule has 0 aliphatic carbocycles. The number of hydrogen-bond acceptors (Lipinski definition) is 5. The Balaban J connectivity index is 1.64. The zero-order chi connectivity index (χ0) is 22.2. The fourth-order valence-electron chi connectivity index (χ4n) is 2.47. The van der Waals surface area contributed by atoms with Crippen molar-refractivity contribution in [2.24, 2.45) is 5.10 Å². The minimum Gasteiger partial charge on any atom is -0.481 e. The summed E-state index contributed by atoms with van der Waals surface area (Å²) >= 11 is 6.73. The maximum Gasteiger partial charge on any atom is 0.343 e. The second-order valence-electron chi connectivity index (χ2n) is 6.39. The number of nitrogens with zero attached hydrogens (tertiary/aromatic N) is 1. The minimum atomic E-state index is -0.754. The first-order valence-electron chi connectivity index (χ1n) is 9.24. The molecule has 3 aromatic rings.